The summed E-state index contributed by atoms with van der Waals surface area (Å²) in [6.45, 7) is 1.73. The van der Waals surface area contributed by atoms with Gasteiger partial charge >= 0.3 is 0 Å². The number of imidazole rings is 1. The van der Waals surface area contributed by atoms with Crippen LogP contribution in [-0.4, -0.2) is 66.3 Å². The van der Waals surface area contributed by atoms with E-state index in [4.69, 9.17) is 0 Å². The van der Waals surface area contributed by atoms with Crippen LogP contribution in [0.15, 0.2) is 66.0 Å². The standard InChI is InChI=1S/C23H26FN5O3S/c1-27-13-11-19(12-14-27)28(2)33(31,32)21-9-5-18(6-10-21)26-23(30)22-15-25-16-29(22)20-7-3-17(24)4-8-20/h3-10,15-16,19H,11-14H2,1-2H3,(H,26,30). The molecule has 33 heavy (non-hydrogen) atoms. The minimum atomic E-state index is -3.63. The number of nitrogens with zero attached hydrogens (tertiary/aromatic N) is 4. The van der Waals surface area contributed by atoms with Gasteiger partial charge < -0.3 is 10.2 Å². The van der Waals surface area contributed by atoms with Crippen molar-refractivity contribution < 1.29 is 17.6 Å². The van der Waals surface area contributed by atoms with E-state index in [9.17, 15) is 17.6 Å². The first kappa shape index (κ1) is 23.1. The zero-order valence-electron chi connectivity index (χ0n) is 18.5. The molecule has 1 saturated heterocycles. The number of likely N-dealkylation sites (tertiary alicyclic amines) is 1. The molecule has 174 valence electrons. The second kappa shape index (κ2) is 9.42. The van der Waals surface area contributed by atoms with Crippen molar-refractivity contribution in [1.29, 1.82) is 0 Å². The van der Waals surface area contributed by atoms with Gasteiger partial charge in [-0.2, -0.15) is 4.31 Å². The number of sulfonamides is 1. The third kappa shape index (κ3) is 4.97. The topological polar surface area (TPSA) is 87.5 Å². The lowest BCUT2D eigenvalue weighted by Crippen LogP contribution is -2.44. The van der Waals surface area contributed by atoms with Crippen molar-refractivity contribution in [3.05, 3.63) is 72.6 Å². The zero-order valence-corrected chi connectivity index (χ0v) is 19.3. The van der Waals surface area contributed by atoms with Gasteiger partial charge in [0.25, 0.3) is 5.91 Å². The molecule has 8 nitrogen and oxygen atoms in total. The second-order valence-corrected chi connectivity index (χ2v) is 10.2. The SMILES string of the molecule is CN1CCC(N(C)S(=O)(=O)c2ccc(NC(=O)c3cncn3-c3ccc(F)cc3)cc2)CC1. The number of rotatable bonds is 6. The molecule has 2 aromatic carbocycles. The molecule has 0 saturated carbocycles. The van der Waals surface area contributed by atoms with Crippen molar-refractivity contribution in [2.75, 3.05) is 32.5 Å². The number of amides is 1. The summed E-state index contributed by atoms with van der Waals surface area (Å²) in [7, 11) is 0.0213. The summed E-state index contributed by atoms with van der Waals surface area (Å²) in [5.41, 5.74) is 1.31. The van der Waals surface area contributed by atoms with Gasteiger partial charge in [0, 0.05) is 24.5 Å². The largest absolute Gasteiger partial charge is 0.321 e. The van der Waals surface area contributed by atoms with Crippen molar-refractivity contribution in [2.45, 2.75) is 23.8 Å². The van der Waals surface area contributed by atoms with E-state index in [1.807, 2.05) is 7.05 Å². The van der Waals surface area contributed by atoms with Crippen LogP contribution in [0, 0.1) is 5.82 Å². The van der Waals surface area contributed by atoms with Gasteiger partial charge in [0.05, 0.1) is 17.4 Å². The molecule has 2 heterocycles. The lowest BCUT2D eigenvalue weighted by atomic mass is 10.1. The molecule has 1 aliphatic heterocycles. The number of hydrogen-bond acceptors (Lipinski definition) is 5. The molecule has 0 spiro atoms. The Bertz CT molecular complexity index is 1220. The molecular weight excluding hydrogens is 445 g/mol. The quantitative estimate of drug-likeness (QED) is 0.597. The van der Waals surface area contributed by atoms with Gasteiger partial charge in [0.1, 0.15) is 11.5 Å². The van der Waals surface area contributed by atoms with Crippen molar-refractivity contribution >= 4 is 21.6 Å². The molecule has 0 unspecified atom stereocenters. The molecule has 10 heteroatoms. The number of nitrogens with one attached hydrogen (secondary N) is 1. The number of hydrogen-bond donors (Lipinski definition) is 1. The van der Waals surface area contributed by atoms with Gasteiger partial charge in [-0.1, -0.05) is 0 Å². The van der Waals surface area contributed by atoms with Crippen LogP contribution in [0.1, 0.15) is 23.3 Å². The highest BCUT2D eigenvalue weighted by Crippen LogP contribution is 2.24. The fraction of sp³-hybridized carbons (Fsp3) is 0.304. The van der Waals surface area contributed by atoms with Gasteiger partial charge in [-0.25, -0.2) is 17.8 Å². The molecule has 0 bridgehead atoms. The summed E-state index contributed by atoms with van der Waals surface area (Å²) in [6, 6.07) is 11.8. The maximum Gasteiger partial charge on any atom is 0.274 e. The van der Waals surface area contributed by atoms with Crippen LogP contribution in [0.3, 0.4) is 0 Å². The van der Waals surface area contributed by atoms with Crippen LogP contribution in [0.25, 0.3) is 5.69 Å². The van der Waals surface area contributed by atoms with Crippen LogP contribution in [0.4, 0.5) is 10.1 Å². The molecular formula is C23H26FN5O3S. The Labute approximate surface area is 192 Å². The Morgan fingerprint density at radius 2 is 1.73 bits per heavy atom. The molecule has 3 aromatic rings. The first-order chi connectivity index (χ1) is 15.8. The van der Waals surface area contributed by atoms with E-state index in [1.54, 1.807) is 35.9 Å². The van der Waals surface area contributed by atoms with Crippen molar-refractivity contribution in [1.82, 2.24) is 18.8 Å². The van der Waals surface area contributed by atoms with Crippen LogP contribution in [0.5, 0.6) is 0 Å². The summed E-state index contributed by atoms with van der Waals surface area (Å²) in [5.74, 6) is -0.794. The predicted octanol–water partition coefficient (Wildman–Crippen LogP) is 2.98. The normalized spacial score (nSPS) is 15.6. The first-order valence-electron chi connectivity index (χ1n) is 10.6. The van der Waals surface area contributed by atoms with Gasteiger partial charge in [0.15, 0.2) is 0 Å². The minimum absolute atomic E-state index is 0.0303. The third-order valence-electron chi connectivity index (χ3n) is 5.97. The lowest BCUT2D eigenvalue weighted by molar-refractivity contribution is 0.102. The maximum atomic E-state index is 13.2. The molecule has 1 aliphatic rings. The number of aromatic nitrogens is 2. The number of anilines is 1. The van der Waals surface area contributed by atoms with Crippen LogP contribution in [0.2, 0.25) is 0 Å². The highest BCUT2D eigenvalue weighted by atomic mass is 32.2. The third-order valence-corrected chi connectivity index (χ3v) is 7.89. The van der Waals surface area contributed by atoms with Gasteiger partial charge in [-0.15, -0.1) is 0 Å². The molecule has 1 amide bonds. The summed E-state index contributed by atoms with van der Waals surface area (Å²) in [6.07, 6.45) is 4.47. The monoisotopic (exact) mass is 471 g/mol. The van der Waals surface area contributed by atoms with E-state index in [1.165, 1.54) is 41.1 Å². The Balaban J connectivity index is 1.46. The van der Waals surface area contributed by atoms with Crippen molar-refractivity contribution in [3.63, 3.8) is 0 Å². The number of halogens is 1. The Hall–Kier alpha value is -3.08. The molecule has 0 radical (unpaired) electrons. The zero-order chi connectivity index (χ0) is 23.6. The fourth-order valence-corrected chi connectivity index (χ4v) is 5.31. The van der Waals surface area contributed by atoms with E-state index < -0.39 is 15.9 Å². The second-order valence-electron chi connectivity index (χ2n) is 8.16. The van der Waals surface area contributed by atoms with Gasteiger partial charge in [-0.05, 0) is 81.5 Å². The smallest absolute Gasteiger partial charge is 0.274 e. The van der Waals surface area contributed by atoms with Crippen molar-refractivity contribution in [3.8, 4) is 5.69 Å². The van der Waals surface area contributed by atoms with Crippen LogP contribution < -0.4 is 5.32 Å². The van der Waals surface area contributed by atoms with E-state index in [-0.39, 0.29) is 22.4 Å². The molecule has 1 N–H and O–H groups in total. The predicted molar refractivity (Wildman–Crippen MR) is 123 cm³/mol. The summed E-state index contributed by atoms with van der Waals surface area (Å²) >= 11 is 0. The van der Waals surface area contributed by atoms with Crippen molar-refractivity contribution in [2.24, 2.45) is 0 Å². The Morgan fingerprint density at radius 1 is 1.09 bits per heavy atom. The number of benzene rings is 2. The first-order valence-corrected chi connectivity index (χ1v) is 12.1. The summed E-state index contributed by atoms with van der Waals surface area (Å²) < 4.78 is 42.3. The van der Waals surface area contributed by atoms with E-state index in [0.717, 1.165) is 25.9 Å². The van der Waals surface area contributed by atoms with Crippen LogP contribution >= 0.6 is 0 Å². The molecule has 1 fully saturated rings. The lowest BCUT2D eigenvalue weighted by Gasteiger charge is -2.34. The number of carbonyl (C=O) groups excluding carboxylic acids is 1. The molecule has 0 aliphatic carbocycles. The van der Waals surface area contributed by atoms with Gasteiger partial charge in [0.2, 0.25) is 10.0 Å². The van der Waals surface area contributed by atoms with Crippen LogP contribution in [-0.2, 0) is 10.0 Å². The van der Waals surface area contributed by atoms with E-state index >= 15 is 0 Å². The molecule has 4 rings (SSSR count). The minimum Gasteiger partial charge on any atom is -0.321 e. The Kier molecular flexibility index (Phi) is 6.59. The maximum absolute atomic E-state index is 13.2. The number of carbonyl (C=O) groups is 1. The fourth-order valence-electron chi connectivity index (χ4n) is 3.90. The highest BCUT2D eigenvalue weighted by Gasteiger charge is 2.30. The summed E-state index contributed by atoms with van der Waals surface area (Å²) in [4.78, 5) is 19.2. The van der Waals surface area contributed by atoms with E-state index in [2.05, 4.69) is 15.2 Å². The average molecular weight is 472 g/mol. The highest BCUT2D eigenvalue weighted by molar-refractivity contribution is 7.89. The average Bonchev–Trinajstić information content (AvgIpc) is 3.30. The summed E-state index contributed by atoms with van der Waals surface area (Å²) in [5, 5.41) is 2.75. The molecule has 1 aromatic heterocycles. The molecule has 0 atom stereocenters. The Morgan fingerprint density at radius 3 is 2.36 bits per heavy atom. The van der Waals surface area contributed by atoms with Gasteiger partial charge in [-0.3, -0.25) is 9.36 Å². The van der Waals surface area contributed by atoms with E-state index in [0.29, 0.717) is 11.4 Å². The number of piperidine rings is 1.